The van der Waals surface area contributed by atoms with Crippen LogP contribution in [0.3, 0.4) is 0 Å². The number of nitrogens with two attached hydrogens (primary N) is 1. The maximum absolute atomic E-state index is 6.02. The monoisotopic (exact) mass is 317 g/mol. The van der Waals surface area contributed by atoms with E-state index in [1.807, 2.05) is 53.5 Å². The molecule has 0 atom stereocenters. The summed E-state index contributed by atoms with van der Waals surface area (Å²) in [6.45, 7) is 0.638. The highest BCUT2D eigenvalue weighted by Gasteiger charge is 2.04. The first kappa shape index (κ1) is 14.0. The van der Waals surface area contributed by atoms with E-state index in [-0.39, 0.29) is 0 Å². The largest absolute Gasteiger partial charge is 0.399 e. The Morgan fingerprint density at radius 1 is 1.00 bits per heavy atom. The summed E-state index contributed by atoms with van der Waals surface area (Å²) >= 11 is 11.9. The van der Waals surface area contributed by atoms with E-state index < -0.39 is 0 Å². The van der Waals surface area contributed by atoms with Crippen molar-refractivity contribution in [3.63, 3.8) is 0 Å². The molecule has 0 aliphatic heterocycles. The predicted octanol–water partition coefficient (Wildman–Crippen LogP) is 4.49. The Hall–Kier alpha value is -1.97. The van der Waals surface area contributed by atoms with Crippen molar-refractivity contribution < 1.29 is 0 Å². The van der Waals surface area contributed by atoms with Gasteiger partial charge < -0.3 is 5.73 Å². The summed E-state index contributed by atoms with van der Waals surface area (Å²) in [4.78, 5) is 0. The smallest absolute Gasteiger partial charge is 0.0660 e. The van der Waals surface area contributed by atoms with Gasteiger partial charge in [-0.05, 0) is 35.4 Å². The Labute approximate surface area is 132 Å². The first-order valence-electron chi connectivity index (χ1n) is 6.44. The highest BCUT2D eigenvalue weighted by atomic mass is 35.5. The molecule has 0 amide bonds. The van der Waals surface area contributed by atoms with E-state index >= 15 is 0 Å². The van der Waals surface area contributed by atoms with Crippen LogP contribution < -0.4 is 5.73 Å². The molecule has 3 rings (SSSR count). The summed E-state index contributed by atoms with van der Waals surface area (Å²) in [6.07, 6.45) is 3.81. The zero-order valence-electron chi connectivity index (χ0n) is 11.1. The minimum atomic E-state index is 0.553. The van der Waals surface area contributed by atoms with Gasteiger partial charge in [-0.15, -0.1) is 0 Å². The number of nitrogen functional groups attached to an aromatic ring is 1. The number of anilines is 1. The molecule has 2 aromatic carbocycles. The molecule has 5 heteroatoms. The van der Waals surface area contributed by atoms with Crippen LogP contribution in [-0.2, 0) is 6.54 Å². The van der Waals surface area contributed by atoms with Crippen LogP contribution in [-0.4, -0.2) is 9.78 Å². The Morgan fingerprint density at radius 3 is 2.62 bits per heavy atom. The average Bonchev–Trinajstić information content (AvgIpc) is 2.91. The quantitative estimate of drug-likeness (QED) is 0.723. The van der Waals surface area contributed by atoms with Gasteiger partial charge in [0.1, 0.15) is 0 Å². The number of rotatable bonds is 3. The third-order valence-corrected chi connectivity index (χ3v) is 3.92. The normalized spacial score (nSPS) is 10.8. The molecule has 3 nitrogen and oxygen atoms in total. The molecule has 0 unspecified atom stereocenters. The fourth-order valence-corrected chi connectivity index (χ4v) is 2.46. The van der Waals surface area contributed by atoms with Crippen LogP contribution in [0.2, 0.25) is 10.0 Å². The minimum Gasteiger partial charge on any atom is -0.399 e. The van der Waals surface area contributed by atoms with Crippen molar-refractivity contribution in [3.05, 3.63) is 70.5 Å². The maximum Gasteiger partial charge on any atom is 0.0660 e. The molecular formula is C16H13Cl2N3. The van der Waals surface area contributed by atoms with Gasteiger partial charge in [-0.1, -0.05) is 41.4 Å². The second-order valence-electron chi connectivity index (χ2n) is 4.80. The van der Waals surface area contributed by atoms with Gasteiger partial charge in [-0.25, -0.2) is 0 Å². The van der Waals surface area contributed by atoms with Crippen LogP contribution in [0, 0.1) is 0 Å². The number of hydrogen-bond donors (Lipinski definition) is 1. The lowest BCUT2D eigenvalue weighted by molar-refractivity contribution is 0.687. The zero-order chi connectivity index (χ0) is 14.8. The average molecular weight is 318 g/mol. The number of benzene rings is 2. The van der Waals surface area contributed by atoms with Crippen LogP contribution in [0.1, 0.15) is 5.56 Å². The van der Waals surface area contributed by atoms with Gasteiger partial charge in [0.2, 0.25) is 0 Å². The number of hydrogen-bond acceptors (Lipinski definition) is 2. The molecule has 0 fully saturated rings. The molecule has 21 heavy (non-hydrogen) atoms. The molecule has 0 radical (unpaired) electrons. The fourth-order valence-electron chi connectivity index (χ4n) is 2.14. The van der Waals surface area contributed by atoms with Crippen LogP contribution >= 0.6 is 23.2 Å². The second-order valence-corrected chi connectivity index (χ2v) is 5.61. The van der Waals surface area contributed by atoms with Crippen molar-refractivity contribution >= 4 is 28.9 Å². The molecule has 0 saturated carbocycles. The van der Waals surface area contributed by atoms with E-state index in [0.717, 1.165) is 22.4 Å². The lowest BCUT2D eigenvalue weighted by atomic mass is 10.1. The highest BCUT2D eigenvalue weighted by Crippen LogP contribution is 2.24. The Morgan fingerprint density at radius 2 is 1.86 bits per heavy atom. The standard InChI is InChI=1S/C16H13Cl2N3/c17-15-5-4-11(6-16(15)18)9-21-10-13(8-20-21)12-2-1-3-14(19)7-12/h1-8,10H,9,19H2. The summed E-state index contributed by atoms with van der Waals surface area (Å²) < 4.78 is 1.86. The van der Waals surface area contributed by atoms with E-state index in [0.29, 0.717) is 16.6 Å². The summed E-state index contributed by atoms with van der Waals surface area (Å²) in [5.41, 5.74) is 9.67. The van der Waals surface area contributed by atoms with Gasteiger partial charge in [0.25, 0.3) is 0 Å². The van der Waals surface area contributed by atoms with Crippen molar-refractivity contribution in [1.29, 1.82) is 0 Å². The molecule has 0 bridgehead atoms. The van der Waals surface area contributed by atoms with E-state index in [4.69, 9.17) is 28.9 Å². The van der Waals surface area contributed by atoms with Gasteiger partial charge in [-0.2, -0.15) is 5.10 Å². The highest BCUT2D eigenvalue weighted by molar-refractivity contribution is 6.42. The van der Waals surface area contributed by atoms with Gasteiger partial charge >= 0.3 is 0 Å². The Balaban J connectivity index is 1.83. The van der Waals surface area contributed by atoms with E-state index in [2.05, 4.69) is 5.10 Å². The number of aromatic nitrogens is 2. The first-order chi connectivity index (χ1) is 10.1. The second kappa shape index (κ2) is 5.80. The lowest BCUT2D eigenvalue weighted by Crippen LogP contribution is -1.99. The lowest BCUT2D eigenvalue weighted by Gasteiger charge is -2.03. The van der Waals surface area contributed by atoms with Gasteiger partial charge in [0.15, 0.2) is 0 Å². The number of nitrogens with zero attached hydrogens (tertiary/aromatic N) is 2. The Kier molecular flexibility index (Phi) is 3.86. The van der Waals surface area contributed by atoms with Gasteiger partial charge in [0.05, 0.1) is 22.8 Å². The molecule has 0 aliphatic rings. The van der Waals surface area contributed by atoms with Crippen molar-refractivity contribution in [2.75, 3.05) is 5.73 Å². The van der Waals surface area contributed by atoms with E-state index in [9.17, 15) is 0 Å². The molecular weight excluding hydrogens is 305 g/mol. The van der Waals surface area contributed by atoms with Crippen molar-refractivity contribution in [1.82, 2.24) is 9.78 Å². The van der Waals surface area contributed by atoms with Gasteiger partial charge in [0, 0.05) is 17.4 Å². The molecule has 0 saturated heterocycles. The zero-order valence-corrected chi connectivity index (χ0v) is 12.6. The molecule has 1 aromatic heterocycles. The van der Waals surface area contributed by atoms with E-state index in [1.165, 1.54) is 0 Å². The summed E-state index contributed by atoms with van der Waals surface area (Å²) in [7, 11) is 0. The molecule has 1 heterocycles. The predicted molar refractivity (Wildman–Crippen MR) is 87.6 cm³/mol. The van der Waals surface area contributed by atoms with Crippen molar-refractivity contribution in [3.8, 4) is 11.1 Å². The van der Waals surface area contributed by atoms with Crippen LogP contribution in [0.5, 0.6) is 0 Å². The minimum absolute atomic E-state index is 0.553. The maximum atomic E-state index is 6.02. The van der Waals surface area contributed by atoms with Crippen LogP contribution in [0.4, 0.5) is 5.69 Å². The van der Waals surface area contributed by atoms with Gasteiger partial charge in [-0.3, -0.25) is 4.68 Å². The van der Waals surface area contributed by atoms with Crippen LogP contribution in [0.15, 0.2) is 54.9 Å². The third kappa shape index (κ3) is 3.20. The third-order valence-electron chi connectivity index (χ3n) is 3.18. The van der Waals surface area contributed by atoms with Crippen molar-refractivity contribution in [2.45, 2.75) is 6.54 Å². The summed E-state index contributed by atoms with van der Waals surface area (Å²) in [5.74, 6) is 0. The fraction of sp³-hybridized carbons (Fsp3) is 0.0625. The molecule has 0 spiro atoms. The van der Waals surface area contributed by atoms with Crippen LogP contribution in [0.25, 0.3) is 11.1 Å². The number of halogens is 2. The molecule has 106 valence electrons. The SMILES string of the molecule is Nc1cccc(-c2cnn(Cc3ccc(Cl)c(Cl)c3)c2)c1. The Bertz CT molecular complexity index is 781. The molecule has 2 N–H and O–H groups in total. The summed E-state index contributed by atoms with van der Waals surface area (Å²) in [6, 6.07) is 13.3. The van der Waals surface area contributed by atoms with E-state index in [1.54, 1.807) is 6.07 Å². The summed E-state index contributed by atoms with van der Waals surface area (Å²) in [5, 5.41) is 5.48. The van der Waals surface area contributed by atoms with Crippen molar-refractivity contribution in [2.24, 2.45) is 0 Å². The molecule has 0 aliphatic carbocycles. The topological polar surface area (TPSA) is 43.8 Å². The first-order valence-corrected chi connectivity index (χ1v) is 7.20. The molecule has 3 aromatic rings.